The Balaban J connectivity index is 2.22. The first-order valence-electron chi connectivity index (χ1n) is 7.77. The predicted octanol–water partition coefficient (Wildman–Crippen LogP) is 4.03. The number of rotatable bonds is 5. The van der Waals surface area contributed by atoms with Gasteiger partial charge in [0.25, 0.3) is 5.91 Å². The highest BCUT2D eigenvalue weighted by atomic mass is 16.5. The monoisotopic (exact) mass is 326 g/mol. The molecule has 24 heavy (non-hydrogen) atoms. The summed E-state index contributed by atoms with van der Waals surface area (Å²) < 4.78 is 5.27. The predicted molar refractivity (Wildman–Crippen MR) is 95.8 cm³/mol. The summed E-state index contributed by atoms with van der Waals surface area (Å²) in [5.41, 5.74) is 2.83. The highest BCUT2D eigenvalue weighted by molar-refractivity contribution is 6.05. The molecule has 0 bridgehead atoms. The van der Waals surface area contributed by atoms with Crippen LogP contribution in [0.4, 0.5) is 11.4 Å². The molecule has 0 heterocycles. The van der Waals surface area contributed by atoms with E-state index in [1.807, 2.05) is 12.1 Å². The number of hydrogen-bond acceptors (Lipinski definition) is 3. The molecule has 0 aliphatic rings. The fourth-order valence-corrected chi connectivity index (χ4v) is 2.30. The Morgan fingerprint density at radius 1 is 1.00 bits per heavy atom. The molecule has 2 aromatic carbocycles. The van der Waals surface area contributed by atoms with E-state index < -0.39 is 0 Å². The van der Waals surface area contributed by atoms with Gasteiger partial charge in [0.2, 0.25) is 5.91 Å². The van der Waals surface area contributed by atoms with Crippen molar-refractivity contribution in [1.82, 2.24) is 0 Å². The van der Waals surface area contributed by atoms with Crippen molar-refractivity contribution >= 4 is 23.2 Å². The summed E-state index contributed by atoms with van der Waals surface area (Å²) in [6, 6.07) is 12.6. The third kappa shape index (κ3) is 4.35. The number of anilines is 2. The number of nitrogens with one attached hydrogen (secondary N) is 2. The van der Waals surface area contributed by atoms with Gasteiger partial charge in [0.1, 0.15) is 5.75 Å². The van der Waals surface area contributed by atoms with E-state index in [1.54, 1.807) is 30.3 Å². The van der Waals surface area contributed by atoms with Gasteiger partial charge in [0.15, 0.2) is 0 Å². The normalized spacial score (nSPS) is 10.4. The highest BCUT2D eigenvalue weighted by Crippen LogP contribution is 2.28. The smallest absolute Gasteiger partial charge is 0.255 e. The molecule has 0 atom stereocenters. The minimum absolute atomic E-state index is 0.179. The van der Waals surface area contributed by atoms with Crippen molar-refractivity contribution in [3.05, 3.63) is 53.6 Å². The zero-order valence-corrected chi connectivity index (χ0v) is 14.3. The van der Waals surface area contributed by atoms with E-state index in [4.69, 9.17) is 4.74 Å². The number of methoxy groups -OCH3 is 1. The molecule has 2 rings (SSSR count). The first-order chi connectivity index (χ1) is 11.4. The zero-order chi connectivity index (χ0) is 17.7. The van der Waals surface area contributed by atoms with E-state index in [-0.39, 0.29) is 11.8 Å². The Morgan fingerprint density at radius 3 is 2.21 bits per heavy atom. The van der Waals surface area contributed by atoms with Crippen LogP contribution in [0.3, 0.4) is 0 Å². The van der Waals surface area contributed by atoms with Gasteiger partial charge in [-0.2, -0.15) is 0 Å². The van der Waals surface area contributed by atoms with E-state index in [2.05, 4.69) is 24.5 Å². The van der Waals surface area contributed by atoms with E-state index >= 15 is 0 Å². The van der Waals surface area contributed by atoms with Gasteiger partial charge in [-0.1, -0.05) is 26.0 Å². The van der Waals surface area contributed by atoms with Crippen LogP contribution in [-0.4, -0.2) is 18.9 Å². The highest BCUT2D eigenvalue weighted by Gasteiger charge is 2.11. The molecule has 0 fully saturated rings. The minimum Gasteiger partial charge on any atom is -0.495 e. The van der Waals surface area contributed by atoms with Crippen molar-refractivity contribution in [2.45, 2.75) is 26.7 Å². The SMILES string of the molecule is COc1ccc(NC(C)=O)cc1NC(=O)c1ccc(C(C)C)cc1. The maximum Gasteiger partial charge on any atom is 0.255 e. The maximum absolute atomic E-state index is 12.4. The number of hydrogen-bond donors (Lipinski definition) is 2. The van der Waals surface area contributed by atoms with Gasteiger partial charge in [-0.15, -0.1) is 0 Å². The first-order valence-corrected chi connectivity index (χ1v) is 7.77. The van der Waals surface area contributed by atoms with E-state index in [0.717, 1.165) is 0 Å². The van der Waals surface area contributed by atoms with Crippen molar-refractivity contribution in [3.63, 3.8) is 0 Å². The fraction of sp³-hybridized carbons (Fsp3) is 0.263. The number of carbonyl (C=O) groups excluding carboxylic acids is 2. The van der Waals surface area contributed by atoms with Gasteiger partial charge in [-0.05, 0) is 41.8 Å². The molecule has 0 unspecified atom stereocenters. The molecule has 126 valence electrons. The topological polar surface area (TPSA) is 67.4 Å². The maximum atomic E-state index is 12.4. The Hall–Kier alpha value is -2.82. The second-order valence-corrected chi connectivity index (χ2v) is 5.83. The van der Waals surface area contributed by atoms with Crippen molar-refractivity contribution < 1.29 is 14.3 Å². The number of amides is 2. The summed E-state index contributed by atoms with van der Waals surface area (Å²) >= 11 is 0. The van der Waals surface area contributed by atoms with Gasteiger partial charge in [-0.25, -0.2) is 0 Å². The summed E-state index contributed by atoms with van der Waals surface area (Å²) in [6.07, 6.45) is 0. The zero-order valence-electron chi connectivity index (χ0n) is 14.3. The van der Waals surface area contributed by atoms with Crippen LogP contribution in [0.2, 0.25) is 0 Å². The molecular formula is C19H22N2O3. The lowest BCUT2D eigenvalue weighted by Gasteiger charge is -2.13. The average molecular weight is 326 g/mol. The third-order valence-corrected chi connectivity index (χ3v) is 3.61. The van der Waals surface area contributed by atoms with Crippen LogP contribution in [0, 0.1) is 0 Å². The molecule has 0 spiro atoms. The summed E-state index contributed by atoms with van der Waals surface area (Å²) in [6.45, 7) is 5.64. The molecule has 0 aliphatic carbocycles. The standard InChI is InChI=1S/C19H22N2O3/c1-12(2)14-5-7-15(8-6-14)19(23)21-17-11-16(20-13(3)22)9-10-18(17)24-4/h5-12H,1-4H3,(H,20,22)(H,21,23). The number of benzene rings is 2. The summed E-state index contributed by atoms with van der Waals surface area (Å²) in [5.74, 6) is 0.526. The van der Waals surface area contributed by atoms with Crippen molar-refractivity contribution in [3.8, 4) is 5.75 Å². The Kier molecular flexibility index (Phi) is 5.58. The summed E-state index contributed by atoms with van der Waals surface area (Å²) in [4.78, 5) is 23.6. The molecule has 5 heteroatoms. The van der Waals surface area contributed by atoms with Crippen molar-refractivity contribution in [2.24, 2.45) is 0 Å². The van der Waals surface area contributed by atoms with Gasteiger partial charge in [0, 0.05) is 18.2 Å². The van der Waals surface area contributed by atoms with E-state index in [9.17, 15) is 9.59 Å². The molecule has 2 amide bonds. The van der Waals surface area contributed by atoms with Crippen LogP contribution in [0.25, 0.3) is 0 Å². The molecule has 0 aliphatic heterocycles. The van der Waals surface area contributed by atoms with Crippen LogP contribution in [-0.2, 0) is 4.79 Å². The van der Waals surface area contributed by atoms with Crippen LogP contribution >= 0.6 is 0 Å². The molecule has 0 radical (unpaired) electrons. The number of ether oxygens (including phenoxy) is 1. The van der Waals surface area contributed by atoms with Crippen LogP contribution in [0.5, 0.6) is 5.75 Å². The molecule has 0 saturated carbocycles. The van der Waals surface area contributed by atoms with Crippen LogP contribution in [0.1, 0.15) is 42.6 Å². The Labute approximate surface area is 142 Å². The van der Waals surface area contributed by atoms with E-state index in [1.165, 1.54) is 19.6 Å². The lowest BCUT2D eigenvalue weighted by Crippen LogP contribution is -2.13. The Bertz CT molecular complexity index is 737. The van der Waals surface area contributed by atoms with E-state index in [0.29, 0.717) is 28.6 Å². The third-order valence-electron chi connectivity index (χ3n) is 3.61. The molecule has 2 aromatic rings. The molecule has 0 aromatic heterocycles. The van der Waals surface area contributed by atoms with Gasteiger partial charge in [0.05, 0.1) is 12.8 Å². The summed E-state index contributed by atoms with van der Waals surface area (Å²) in [5, 5.41) is 5.51. The lowest BCUT2D eigenvalue weighted by molar-refractivity contribution is -0.114. The Morgan fingerprint density at radius 2 is 1.67 bits per heavy atom. The second kappa shape index (κ2) is 7.64. The fourth-order valence-electron chi connectivity index (χ4n) is 2.30. The average Bonchev–Trinajstić information content (AvgIpc) is 2.54. The summed E-state index contributed by atoms with van der Waals surface area (Å²) in [7, 11) is 1.53. The molecule has 2 N–H and O–H groups in total. The van der Waals surface area contributed by atoms with Gasteiger partial charge >= 0.3 is 0 Å². The quantitative estimate of drug-likeness (QED) is 0.871. The molecule has 0 saturated heterocycles. The second-order valence-electron chi connectivity index (χ2n) is 5.83. The van der Waals surface area contributed by atoms with Gasteiger partial charge < -0.3 is 15.4 Å². The minimum atomic E-state index is -0.233. The molecule has 5 nitrogen and oxygen atoms in total. The first kappa shape index (κ1) is 17.5. The largest absolute Gasteiger partial charge is 0.495 e. The van der Waals surface area contributed by atoms with Crippen molar-refractivity contribution in [2.75, 3.05) is 17.7 Å². The molecular weight excluding hydrogens is 304 g/mol. The van der Waals surface area contributed by atoms with Crippen LogP contribution < -0.4 is 15.4 Å². The van der Waals surface area contributed by atoms with Crippen LogP contribution in [0.15, 0.2) is 42.5 Å². The number of carbonyl (C=O) groups is 2. The lowest BCUT2D eigenvalue weighted by atomic mass is 10.0. The van der Waals surface area contributed by atoms with Gasteiger partial charge in [-0.3, -0.25) is 9.59 Å². The van der Waals surface area contributed by atoms with Crippen molar-refractivity contribution in [1.29, 1.82) is 0 Å².